The van der Waals surface area contributed by atoms with Crippen LogP contribution in [0.2, 0.25) is 0 Å². The highest BCUT2D eigenvalue weighted by Crippen LogP contribution is 2.19. The summed E-state index contributed by atoms with van der Waals surface area (Å²) in [6.07, 6.45) is 2.95. The van der Waals surface area contributed by atoms with Gasteiger partial charge in [-0.2, -0.15) is 0 Å². The number of aromatic amines is 1. The number of H-pyrrole nitrogens is 1. The van der Waals surface area contributed by atoms with Crippen LogP contribution in [0.5, 0.6) is 0 Å². The summed E-state index contributed by atoms with van der Waals surface area (Å²) >= 11 is 0. The Morgan fingerprint density at radius 2 is 2.03 bits per heavy atom. The average molecular weight is 400 g/mol. The molecule has 1 fully saturated rings. The molecule has 8 heteroatoms. The van der Waals surface area contributed by atoms with Crippen LogP contribution in [-0.2, 0) is 16.1 Å². The number of hydrogen-bond donors (Lipinski definition) is 2. The third-order valence-corrected chi connectivity index (χ3v) is 4.55. The van der Waals surface area contributed by atoms with Gasteiger partial charge in [0.05, 0.1) is 25.3 Å². The highest BCUT2D eigenvalue weighted by atomic mass is 16.6. The Bertz CT molecular complexity index is 802. The van der Waals surface area contributed by atoms with Crippen molar-refractivity contribution in [3.8, 4) is 0 Å². The topological polar surface area (TPSA) is 96.5 Å². The minimum absolute atomic E-state index is 0.241. The summed E-state index contributed by atoms with van der Waals surface area (Å²) in [5.41, 5.74) is 0.458. The van der Waals surface area contributed by atoms with Crippen LogP contribution in [0.25, 0.3) is 0 Å². The zero-order valence-corrected chi connectivity index (χ0v) is 17.1. The van der Waals surface area contributed by atoms with Gasteiger partial charge in [-0.3, -0.25) is 4.79 Å². The first-order valence-electron chi connectivity index (χ1n) is 9.75. The van der Waals surface area contributed by atoms with Crippen molar-refractivity contribution in [2.75, 3.05) is 13.1 Å². The number of amides is 2. The van der Waals surface area contributed by atoms with Gasteiger partial charge in [0.1, 0.15) is 5.60 Å². The van der Waals surface area contributed by atoms with E-state index < -0.39 is 5.60 Å². The van der Waals surface area contributed by atoms with Gasteiger partial charge in [0.2, 0.25) is 0 Å². The molecule has 1 aromatic carbocycles. The van der Waals surface area contributed by atoms with Crippen molar-refractivity contribution in [3.63, 3.8) is 0 Å². The van der Waals surface area contributed by atoms with E-state index in [0.717, 1.165) is 5.56 Å². The largest absolute Gasteiger partial charge is 0.444 e. The van der Waals surface area contributed by atoms with Gasteiger partial charge in [0.15, 0.2) is 5.82 Å². The van der Waals surface area contributed by atoms with Crippen LogP contribution < -0.4 is 5.32 Å². The summed E-state index contributed by atoms with van der Waals surface area (Å²) in [4.78, 5) is 33.4. The van der Waals surface area contributed by atoms with Crippen LogP contribution in [0.4, 0.5) is 4.79 Å². The molecule has 0 spiro atoms. The predicted octanol–water partition coefficient (Wildman–Crippen LogP) is 2.73. The Balaban J connectivity index is 1.67. The van der Waals surface area contributed by atoms with Crippen LogP contribution in [0.1, 0.15) is 43.4 Å². The molecule has 0 aliphatic carbocycles. The quantitative estimate of drug-likeness (QED) is 0.804. The van der Waals surface area contributed by atoms with Gasteiger partial charge in [-0.15, -0.1) is 0 Å². The van der Waals surface area contributed by atoms with Crippen LogP contribution in [0.3, 0.4) is 0 Å². The fourth-order valence-corrected chi connectivity index (χ4v) is 3.15. The van der Waals surface area contributed by atoms with E-state index in [4.69, 9.17) is 9.47 Å². The lowest BCUT2D eigenvalue weighted by atomic mass is 10.0. The zero-order chi connectivity index (χ0) is 20.9. The first-order chi connectivity index (χ1) is 13.8. The average Bonchev–Trinajstić information content (AvgIpc) is 3.21. The van der Waals surface area contributed by atoms with E-state index >= 15 is 0 Å². The number of carbonyl (C=O) groups is 2. The molecule has 29 heavy (non-hydrogen) atoms. The molecule has 3 rings (SSSR count). The van der Waals surface area contributed by atoms with Gasteiger partial charge >= 0.3 is 6.09 Å². The number of benzene rings is 1. The molecule has 0 bridgehead atoms. The van der Waals surface area contributed by atoms with E-state index in [0.29, 0.717) is 26.1 Å². The molecule has 2 N–H and O–H groups in total. The van der Waals surface area contributed by atoms with Gasteiger partial charge in [-0.25, -0.2) is 9.78 Å². The normalized spacial score (nSPS) is 19.6. The second-order valence-corrected chi connectivity index (χ2v) is 8.07. The van der Waals surface area contributed by atoms with Gasteiger partial charge in [0.25, 0.3) is 5.91 Å². The van der Waals surface area contributed by atoms with Crippen LogP contribution in [0.15, 0.2) is 42.7 Å². The SMILES string of the molecule is CC(C)(C)OC(=O)N1CC[C@@H](NC(=O)c2ncc[nH]2)[C@@H](OCc2ccccc2)C1. The van der Waals surface area contributed by atoms with Gasteiger partial charge in [-0.1, -0.05) is 30.3 Å². The molecular weight excluding hydrogens is 372 g/mol. The standard InChI is InChI=1S/C21H28N4O4/c1-21(2,3)29-20(27)25-12-9-16(24-19(26)18-22-10-11-23-18)17(13-25)28-14-15-7-5-4-6-8-15/h4-8,10-11,16-17H,9,12-14H2,1-3H3,(H,22,23)(H,24,26)/t16-,17+/m1/s1. The van der Waals surface area contributed by atoms with E-state index in [-0.39, 0.29) is 30.0 Å². The Hall–Kier alpha value is -2.87. The number of rotatable bonds is 5. The van der Waals surface area contributed by atoms with Crippen molar-refractivity contribution < 1.29 is 19.1 Å². The lowest BCUT2D eigenvalue weighted by Gasteiger charge is -2.39. The summed E-state index contributed by atoms with van der Waals surface area (Å²) in [6, 6.07) is 9.55. The lowest BCUT2D eigenvalue weighted by Crippen LogP contribution is -2.56. The summed E-state index contributed by atoms with van der Waals surface area (Å²) in [5.74, 6) is -0.0413. The van der Waals surface area contributed by atoms with Crippen LogP contribution in [-0.4, -0.2) is 57.7 Å². The molecule has 2 heterocycles. The maximum absolute atomic E-state index is 12.5. The summed E-state index contributed by atoms with van der Waals surface area (Å²) in [6.45, 7) is 6.72. The number of ether oxygens (including phenoxy) is 2. The van der Waals surface area contributed by atoms with Crippen molar-refractivity contribution in [3.05, 3.63) is 54.1 Å². The fourth-order valence-electron chi connectivity index (χ4n) is 3.15. The predicted molar refractivity (Wildman–Crippen MR) is 107 cm³/mol. The third-order valence-electron chi connectivity index (χ3n) is 4.55. The van der Waals surface area contributed by atoms with Crippen LogP contribution in [0, 0.1) is 0 Å². The highest BCUT2D eigenvalue weighted by molar-refractivity contribution is 5.90. The summed E-state index contributed by atoms with van der Waals surface area (Å²) in [5, 5.41) is 2.98. The van der Waals surface area contributed by atoms with Crippen LogP contribution >= 0.6 is 0 Å². The fraction of sp³-hybridized carbons (Fsp3) is 0.476. The minimum Gasteiger partial charge on any atom is -0.444 e. The lowest BCUT2D eigenvalue weighted by molar-refractivity contribution is -0.0394. The van der Waals surface area contributed by atoms with Crippen molar-refractivity contribution in [2.45, 2.75) is 51.5 Å². The van der Waals surface area contributed by atoms with Gasteiger partial charge in [-0.05, 0) is 32.8 Å². The molecule has 156 valence electrons. The van der Waals surface area contributed by atoms with Gasteiger partial charge < -0.3 is 24.7 Å². The second kappa shape index (κ2) is 9.09. The maximum atomic E-state index is 12.5. The summed E-state index contributed by atoms with van der Waals surface area (Å²) < 4.78 is 11.6. The van der Waals surface area contributed by atoms with E-state index in [1.165, 1.54) is 6.20 Å². The first kappa shape index (κ1) is 20.9. The van der Waals surface area contributed by atoms with Gasteiger partial charge in [0, 0.05) is 18.9 Å². The Labute approximate surface area is 170 Å². The Kier molecular flexibility index (Phi) is 6.53. The molecule has 0 unspecified atom stereocenters. The van der Waals surface area contributed by atoms with E-state index in [1.807, 2.05) is 51.1 Å². The van der Waals surface area contributed by atoms with E-state index in [2.05, 4.69) is 15.3 Å². The first-order valence-corrected chi connectivity index (χ1v) is 9.75. The highest BCUT2D eigenvalue weighted by Gasteiger charge is 2.35. The molecule has 1 aliphatic rings. The number of piperidine rings is 1. The van der Waals surface area contributed by atoms with Crippen molar-refractivity contribution >= 4 is 12.0 Å². The molecule has 8 nitrogen and oxygen atoms in total. The second-order valence-electron chi connectivity index (χ2n) is 8.07. The molecule has 2 atom stereocenters. The van der Waals surface area contributed by atoms with Crippen molar-refractivity contribution in [1.29, 1.82) is 0 Å². The minimum atomic E-state index is -0.568. The molecule has 2 amide bonds. The number of hydrogen-bond acceptors (Lipinski definition) is 5. The molecule has 1 saturated heterocycles. The molecule has 2 aromatic rings. The monoisotopic (exact) mass is 400 g/mol. The van der Waals surface area contributed by atoms with Crippen molar-refractivity contribution in [1.82, 2.24) is 20.2 Å². The molecule has 0 saturated carbocycles. The molecular formula is C21H28N4O4. The number of carbonyl (C=O) groups excluding carboxylic acids is 2. The maximum Gasteiger partial charge on any atom is 0.410 e. The molecule has 1 aliphatic heterocycles. The zero-order valence-electron chi connectivity index (χ0n) is 17.1. The Morgan fingerprint density at radius 1 is 1.28 bits per heavy atom. The molecule has 1 aromatic heterocycles. The number of aromatic nitrogens is 2. The van der Waals surface area contributed by atoms with E-state index in [1.54, 1.807) is 11.1 Å². The summed E-state index contributed by atoms with van der Waals surface area (Å²) in [7, 11) is 0. The van der Waals surface area contributed by atoms with E-state index in [9.17, 15) is 9.59 Å². The third kappa shape index (κ3) is 6.05. The Morgan fingerprint density at radius 3 is 2.69 bits per heavy atom. The number of nitrogens with zero attached hydrogens (tertiary/aromatic N) is 2. The number of nitrogens with one attached hydrogen (secondary N) is 2. The smallest absolute Gasteiger partial charge is 0.410 e. The number of likely N-dealkylation sites (tertiary alicyclic amines) is 1. The number of imidazole rings is 1. The molecule has 0 radical (unpaired) electrons. The van der Waals surface area contributed by atoms with Crippen molar-refractivity contribution in [2.24, 2.45) is 0 Å².